The fraction of sp³-hybridized carbons (Fsp3) is 0.706. The van der Waals surface area contributed by atoms with Crippen LogP contribution in [0.25, 0.3) is 0 Å². The molecule has 6 nitrogen and oxygen atoms in total. The number of hydrogen-bond acceptors (Lipinski definition) is 5. The van der Waals surface area contributed by atoms with Crippen LogP contribution in [-0.4, -0.2) is 61.1 Å². The Hall–Kier alpha value is -2.06. The predicted molar refractivity (Wildman–Crippen MR) is 89.9 cm³/mol. The number of alkyl halides is 3. The van der Waals surface area contributed by atoms with Crippen LogP contribution in [0.4, 0.5) is 13.2 Å². The number of aliphatic carboxylic acids is 1. The third-order valence-corrected chi connectivity index (χ3v) is 4.39. The van der Waals surface area contributed by atoms with Crippen LogP contribution in [0, 0.1) is 5.92 Å². The number of ether oxygens (including phenoxy) is 1. The molecule has 9 heteroatoms. The van der Waals surface area contributed by atoms with E-state index in [1.165, 1.54) is 14.1 Å². The van der Waals surface area contributed by atoms with Crippen LogP contribution in [0.1, 0.15) is 39.0 Å². The molecule has 0 heterocycles. The number of carbonyl (C=O) groups excluding carboxylic acids is 1. The molecule has 1 fully saturated rings. The van der Waals surface area contributed by atoms with E-state index in [2.05, 4.69) is 4.99 Å². The van der Waals surface area contributed by atoms with E-state index in [4.69, 9.17) is 9.84 Å². The molecule has 0 aromatic carbocycles. The lowest BCUT2D eigenvalue weighted by Gasteiger charge is -2.37. The van der Waals surface area contributed by atoms with Gasteiger partial charge in [-0.25, -0.2) is 4.79 Å². The molecule has 1 aliphatic rings. The topological polar surface area (TPSA) is 79.2 Å². The Morgan fingerprint density at radius 2 is 1.85 bits per heavy atom. The molecule has 0 saturated heterocycles. The lowest BCUT2D eigenvalue weighted by molar-refractivity contribution is -0.150. The van der Waals surface area contributed by atoms with E-state index in [0.717, 1.165) is 4.90 Å². The van der Waals surface area contributed by atoms with Crippen molar-refractivity contribution in [2.24, 2.45) is 10.9 Å². The van der Waals surface area contributed by atoms with Crippen LogP contribution in [0.2, 0.25) is 0 Å². The Kier molecular flexibility index (Phi) is 8.10. The second kappa shape index (κ2) is 9.59. The van der Waals surface area contributed by atoms with Crippen molar-refractivity contribution in [3.05, 3.63) is 11.3 Å². The number of carboxylic acid groups (broad SMARTS) is 1. The van der Waals surface area contributed by atoms with Crippen molar-refractivity contribution >= 4 is 18.2 Å². The monoisotopic (exact) mass is 378 g/mol. The summed E-state index contributed by atoms with van der Waals surface area (Å²) in [7, 11) is 2.44. The number of esters is 1. The molecule has 1 rings (SSSR count). The minimum atomic E-state index is -4.83. The van der Waals surface area contributed by atoms with Crippen LogP contribution < -0.4 is 0 Å². The first kappa shape index (κ1) is 22.0. The zero-order valence-electron chi connectivity index (χ0n) is 15.2. The smallest absolute Gasteiger partial charge is 0.432 e. The lowest BCUT2D eigenvalue weighted by atomic mass is 9.85. The van der Waals surface area contributed by atoms with Crippen molar-refractivity contribution in [3.63, 3.8) is 0 Å². The maximum Gasteiger partial charge on any atom is 0.432 e. The minimum Gasteiger partial charge on any atom is -0.478 e. The summed E-state index contributed by atoms with van der Waals surface area (Å²) in [5.41, 5.74) is -2.13. The van der Waals surface area contributed by atoms with E-state index in [9.17, 15) is 22.8 Å². The number of halogens is 3. The quantitative estimate of drug-likeness (QED) is 0.418. The van der Waals surface area contributed by atoms with Gasteiger partial charge in [-0.05, 0) is 32.1 Å². The summed E-state index contributed by atoms with van der Waals surface area (Å²) in [5.74, 6) is -2.32. The lowest BCUT2D eigenvalue weighted by Crippen LogP contribution is -2.41. The molecule has 0 radical (unpaired) electrons. The first-order valence-corrected chi connectivity index (χ1v) is 8.49. The highest BCUT2D eigenvalue weighted by Gasteiger charge is 2.43. The van der Waals surface area contributed by atoms with Crippen molar-refractivity contribution in [3.8, 4) is 0 Å². The van der Waals surface area contributed by atoms with Gasteiger partial charge in [-0.15, -0.1) is 0 Å². The molecule has 148 valence electrons. The standard InChI is InChI=1S/C17H25F3N2O4/c1-4-9-26-16(25)11-5-7-12(8-6-11)22(3)14(17(18,19)20)13(10-21-2)15(23)24/h10-12H,4-9H2,1-3H3,(H,23,24)/b14-13+,21-10?. The number of carbonyl (C=O) groups is 2. The first-order valence-electron chi connectivity index (χ1n) is 8.49. The molecular formula is C17H25F3N2O4. The van der Waals surface area contributed by atoms with Gasteiger partial charge in [0.2, 0.25) is 0 Å². The number of nitrogens with zero attached hydrogens (tertiary/aromatic N) is 2. The maximum absolute atomic E-state index is 13.5. The average Bonchev–Trinajstić information content (AvgIpc) is 2.57. The average molecular weight is 378 g/mol. The summed E-state index contributed by atoms with van der Waals surface area (Å²) < 4.78 is 45.6. The molecule has 0 amide bonds. The normalized spacial score (nSPS) is 22.1. The van der Waals surface area contributed by atoms with Crippen molar-refractivity contribution in [1.82, 2.24) is 4.90 Å². The highest BCUT2D eigenvalue weighted by molar-refractivity contribution is 6.09. The van der Waals surface area contributed by atoms with Crippen LogP contribution in [-0.2, 0) is 14.3 Å². The zero-order valence-corrected chi connectivity index (χ0v) is 15.2. The molecule has 0 spiro atoms. The molecule has 1 saturated carbocycles. The molecule has 26 heavy (non-hydrogen) atoms. The van der Waals surface area contributed by atoms with Gasteiger partial charge in [-0.3, -0.25) is 9.79 Å². The van der Waals surface area contributed by atoms with E-state index in [1.54, 1.807) is 0 Å². The molecule has 0 unspecified atom stereocenters. The molecule has 0 aromatic heterocycles. The molecular weight excluding hydrogens is 353 g/mol. The number of aliphatic imine (C=N–C) groups is 1. The predicted octanol–water partition coefficient (Wildman–Crippen LogP) is 3.03. The Morgan fingerprint density at radius 3 is 2.27 bits per heavy atom. The molecule has 1 N–H and O–H groups in total. The van der Waals surface area contributed by atoms with Crippen molar-refractivity contribution in [2.45, 2.75) is 51.2 Å². The Balaban J connectivity index is 2.95. The summed E-state index contributed by atoms with van der Waals surface area (Å²) in [4.78, 5) is 27.5. The van der Waals surface area contributed by atoms with Crippen molar-refractivity contribution < 1.29 is 32.6 Å². The third kappa shape index (κ3) is 5.74. The summed E-state index contributed by atoms with van der Waals surface area (Å²) in [6.07, 6.45) is -1.91. The summed E-state index contributed by atoms with van der Waals surface area (Å²) in [6.45, 7) is 2.21. The molecule has 0 aliphatic heterocycles. The number of rotatable bonds is 7. The number of carboxylic acids is 1. The van der Waals surface area contributed by atoms with Gasteiger partial charge in [-0.2, -0.15) is 13.2 Å². The van der Waals surface area contributed by atoms with Crippen LogP contribution in [0.5, 0.6) is 0 Å². The van der Waals surface area contributed by atoms with E-state index >= 15 is 0 Å². The van der Waals surface area contributed by atoms with Crippen molar-refractivity contribution in [2.75, 3.05) is 20.7 Å². The summed E-state index contributed by atoms with van der Waals surface area (Å²) >= 11 is 0. The fourth-order valence-electron chi connectivity index (χ4n) is 3.09. The van der Waals surface area contributed by atoms with Gasteiger partial charge in [0.25, 0.3) is 0 Å². The van der Waals surface area contributed by atoms with E-state index in [0.29, 0.717) is 44.9 Å². The molecule has 1 aliphatic carbocycles. The van der Waals surface area contributed by atoms with Gasteiger partial charge in [0, 0.05) is 26.4 Å². The Bertz CT molecular complexity index is 565. The second-order valence-corrected chi connectivity index (χ2v) is 6.24. The largest absolute Gasteiger partial charge is 0.478 e. The van der Waals surface area contributed by atoms with E-state index in [1.807, 2.05) is 6.92 Å². The van der Waals surface area contributed by atoms with Gasteiger partial charge in [0.1, 0.15) is 11.3 Å². The number of hydrogen-bond donors (Lipinski definition) is 1. The first-order chi connectivity index (χ1) is 12.1. The SMILES string of the molecule is CCCOC(=O)C1CCC(N(C)/C(=C(\C=NC)C(=O)O)C(F)(F)F)CC1. The van der Waals surface area contributed by atoms with Gasteiger partial charge in [0.15, 0.2) is 0 Å². The maximum atomic E-state index is 13.5. The van der Waals surface area contributed by atoms with Crippen LogP contribution in [0.3, 0.4) is 0 Å². The van der Waals surface area contributed by atoms with Gasteiger partial charge in [0.05, 0.1) is 12.5 Å². The molecule has 0 bridgehead atoms. The van der Waals surface area contributed by atoms with Gasteiger partial charge in [-0.1, -0.05) is 6.92 Å². The van der Waals surface area contributed by atoms with Gasteiger partial charge < -0.3 is 14.7 Å². The zero-order chi connectivity index (χ0) is 19.9. The summed E-state index contributed by atoms with van der Waals surface area (Å²) in [5, 5.41) is 9.15. The van der Waals surface area contributed by atoms with E-state index in [-0.39, 0.29) is 11.9 Å². The van der Waals surface area contributed by atoms with Crippen LogP contribution >= 0.6 is 0 Å². The van der Waals surface area contributed by atoms with Crippen LogP contribution in [0.15, 0.2) is 16.3 Å². The molecule has 0 atom stereocenters. The third-order valence-electron chi connectivity index (χ3n) is 4.39. The Morgan fingerprint density at radius 1 is 1.27 bits per heavy atom. The minimum absolute atomic E-state index is 0.316. The fourth-order valence-corrected chi connectivity index (χ4v) is 3.09. The highest BCUT2D eigenvalue weighted by Crippen LogP contribution is 2.36. The highest BCUT2D eigenvalue weighted by atomic mass is 19.4. The molecule has 0 aromatic rings. The van der Waals surface area contributed by atoms with E-state index < -0.39 is 29.5 Å². The summed E-state index contributed by atoms with van der Waals surface area (Å²) in [6, 6.07) is -0.513. The number of allylic oxidation sites excluding steroid dienone is 1. The van der Waals surface area contributed by atoms with Crippen molar-refractivity contribution in [1.29, 1.82) is 0 Å². The Labute approximate surface area is 150 Å². The van der Waals surface area contributed by atoms with Gasteiger partial charge >= 0.3 is 18.1 Å². The second-order valence-electron chi connectivity index (χ2n) is 6.24.